The van der Waals surface area contributed by atoms with Crippen molar-refractivity contribution < 1.29 is 0 Å². The third-order valence-electron chi connectivity index (χ3n) is 3.66. The minimum absolute atomic E-state index is 0.0245. The Morgan fingerprint density at radius 1 is 1.14 bits per heavy atom. The summed E-state index contributed by atoms with van der Waals surface area (Å²) in [5.74, 6) is 0. The van der Waals surface area contributed by atoms with Crippen molar-refractivity contribution in [2.75, 3.05) is 0 Å². The monoisotopic (exact) mass is 325 g/mol. The van der Waals surface area contributed by atoms with Crippen LogP contribution in [0.5, 0.6) is 0 Å². The summed E-state index contributed by atoms with van der Waals surface area (Å²) in [5.41, 5.74) is 3.60. The summed E-state index contributed by atoms with van der Waals surface area (Å²) < 4.78 is 1.84. The van der Waals surface area contributed by atoms with Gasteiger partial charge in [0.1, 0.15) is 12.7 Å². The molecule has 0 saturated heterocycles. The van der Waals surface area contributed by atoms with Crippen molar-refractivity contribution in [3.63, 3.8) is 0 Å². The minimum atomic E-state index is 0.0245. The van der Waals surface area contributed by atoms with Crippen LogP contribution in [0.1, 0.15) is 54.1 Å². The molecule has 2 aromatic rings. The van der Waals surface area contributed by atoms with Crippen molar-refractivity contribution in [2.45, 2.75) is 50.4 Å². The maximum atomic E-state index is 6.50. The zero-order chi connectivity index (χ0) is 15.2. The molecular formula is C16H21Cl2N3. The van der Waals surface area contributed by atoms with Gasteiger partial charge in [-0.1, -0.05) is 32.0 Å². The van der Waals surface area contributed by atoms with Gasteiger partial charge in [-0.2, -0.15) is 5.10 Å². The van der Waals surface area contributed by atoms with Gasteiger partial charge >= 0.3 is 0 Å². The molecule has 114 valence electrons. The van der Waals surface area contributed by atoms with Gasteiger partial charge in [-0.05, 0) is 36.0 Å². The smallest absolute Gasteiger partial charge is 0.137 e. The summed E-state index contributed by atoms with van der Waals surface area (Å²) in [4.78, 5) is 3.96. The average Bonchev–Trinajstić information content (AvgIpc) is 3.04. The molecule has 2 unspecified atom stereocenters. The number of rotatable bonds is 7. The highest BCUT2D eigenvalue weighted by Gasteiger charge is 2.14. The first kappa shape index (κ1) is 16.3. The molecule has 1 aromatic heterocycles. The molecule has 0 aliphatic carbocycles. The Morgan fingerprint density at radius 3 is 2.52 bits per heavy atom. The highest BCUT2D eigenvalue weighted by Crippen LogP contribution is 2.32. The first-order chi connectivity index (χ1) is 10.2. The molecule has 5 heteroatoms. The first-order valence-electron chi connectivity index (χ1n) is 7.39. The Balaban J connectivity index is 2.22. The fourth-order valence-corrected chi connectivity index (χ4v) is 2.71. The van der Waals surface area contributed by atoms with Crippen molar-refractivity contribution in [1.82, 2.24) is 14.8 Å². The molecule has 2 atom stereocenters. The Hall–Kier alpha value is -1.06. The lowest BCUT2D eigenvalue weighted by Crippen LogP contribution is -2.06. The number of hydrogen-bond acceptors (Lipinski definition) is 2. The zero-order valence-corrected chi connectivity index (χ0v) is 14.0. The number of aryl methyl sites for hydroxylation is 2. The van der Waals surface area contributed by atoms with Crippen molar-refractivity contribution >= 4 is 23.2 Å². The van der Waals surface area contributed by atoms with E-state index in [0.29, 0.717) is 0 Å². The van der Waals surface area contributed by atoms with Crippen molar-refractivity contribution in [3.8, 4) is 0 Å². The number of hydrogen-bond donors (Lipinski definition) is 0. The summed E-state index contributed by atoms with van der Waals surface area (Å²) in [6, 6.07) is 6.43. The summed E-state index contributed by atoms with van der Waals surface area (Å²) in [6.45, 7) is 5.00. The molecule has 21 heavy (non-hydrogen) atoms. The number of alkyl halides is 2. The molecule has 0 spiro atoms. The van der Waals surface area contributed by atoms with E-state index in [2.05, 4.69) is 42.1 Å². The summed E-state index contributed by atoms with van der Waals surface area (Å²) >= 11 is 12.9. The number of halogens is 2. The Kier molecular flexibility index (Phi) is 6.07. The molecule has 1 heterocycles. The van der Waals surface area contributed by atoms with E-state index in [4.69, 9.17) is 23.2 Å². The first-order valence-corrected chi connectivity index (χ1v) is 8.26. The summed E-state index contributed by atoms with van der Waals surface area (Å²) in [6.07, 6.45) is 6.00. The van der Waals surface area contributed by atoms with Crippen LogP contribution in [0.4, 0.5) is 0 Å². The van der Waals surface area contributed by atoms with Crippen LogP contribution >= 0.6 is 23.2 Å². The van der Waals surface area contributed by atoms with E-state index < -0.39 is 0 Å². The van der Waals surface area contributed by atoms with E-state index in [1.165, 1.54) is 11.1 Å². The Bertz CT molecular complexity index is 555. The fraction of sp³-hybridized carbons (Fsp3) is 0.500. The van der Waals surface area contributed by atoms with Crippen molar-refractivity contribution in [1.29, 1.82) is 0 Å². The molecule has 0 aliphatic rings. The van der Waals surface area contributed by atoms with Gasteiger partial charge in [0.25, 0.3) is 0 Å². The van der Waals surface area contributed by atoms with Crippen LogP contribution < -0.4 is 0 Å². The normalized spacial score (nSPS) is 14.1. The number of aromatic nitrogens is 3. The van der Waals surface area contributed by atoms with Crippen LogP contribution in [-0.2, 0) is 13.0 Å². The van der Waals surface area contributed by atoms with E-state index in [0.717, 1.165) is 31.4 Å². The second kappa shape index (κ2) is 7.81. The fourth-order valence-electron chi connectivity index (χ4n) is 2.37. The molecule has 0 saturated carbocycles. The van der Waals surface area contributed by atoms with Crippen LogP contribution in [0, 0.1) is 0 Å². The van der Waals surface area contributed by atoms with Crippen LogP contribution in [0.15, 0.2) is 30.9 Å². The van der Waals surface area contributed by atoms with Gasteiger partial charge in [-0.3, -0.25) is 4.68 Å². The number of nitrogens with zero attached hydrogens (tertiary/aromatic N) is 3. The third-order valence-corrected chi connectivity index (χ3v) is 4.77. The average molecular weight is 326 g/mol. The molecule has 0 radical (unpaired) electrons. The van der Waals surface area contributed by atoms with Gasteiger partial charge in [-0.15, -0.1) is 23.2 Å². The molecule has 0 aliphatic heterocycles. The summed E-state index contributed by atoms with van der Waals surface area (Å²) in [5, 5.41) is 4.21. The zero-order valence-electron chi connectivity index (χ0n) is 12.5. The van der Waals surface area contributed by atoms with Crippen LogP contribution in [0.25, 0.3) is 0 Å². The minimum Gasteiger partial charge on any atom is -0.253 e. The second-order valence-corrected chi connectivity index (χ2v) is 6.17. The highest BCUT2D eigenvalue weighted by atomic mass is 35.5. The summed E-state index contributed by atoms with van der Waals surface area (Å²) in [7, 11) is 0. The van der Waals surface area contributed by atoms with Gasteiger partial charge in [0, 0.05) is 6.54 Å². The molecule has 0 fully saturated rings. The predicted octanol–water partition coefficient (Wildman–Crippen LogP) is 4.90. The number of benzene rings is 1. The van der Waals surface area contributed by atoms with E-state index in [1.807, 2.05) is 4.68 Å². The molecule has 0 amide bonds. The molecule has 0 bridgehead atoms. The second-order valence-electron chi connectivity index (χ2n) is 5.12. The van der Waals surface area contributed by atoms with Gasteiger partial charge < -0.3 is 0 Å². The van der Waals surface area contributed by atoms with Gasteiger partial charge in [-0.25, -0.2) is 4.98 Å². The molecular weight excluding hydrogens is 305 g/mol. The maximum Gasteiger partial charge on any atom is 0.137 e. The van der Waals surface area contributed by atoms with Crippen molar-refractivity contribution in [3.05, 3.63) is 47.5 Å². The largest absolute Gasteiger partial charge is 0.253 e. The van der Waals surface area contributed by atoms with E-state index in [9.17, 15) is 0 Å². The van der Waals surface area contributed by atoms with Gasteiger partial charge in [0.05, 0.1) is 10.8 Å². The topological polar surface area (TPSA) is 30.7 Å². The third kappa shape index (κ3) is 4.21. The van der Waals surface area contributed by atoms with E-state index >= 15 is 0 Å². The SMILES string of the molecule is CCC(Cl)c1ccc(CCn2cncn2)c(C(Cl)CC)c1. The maximum absolute atomic E-state index is 6.50. The highest BCUT2D eigenvalue weighted by molar-refractivity contribution is 6.21. The lowest BCUT2D eigenvalue weighted by molar-refractivity contribution is 0.609. The molecule has 2 rings (SSSR count). The standard InChI is InChI=1S/C16H21Cl2N3/c1-3-15(17)13-6-5-12(14(9-13)16(18)4-2)7-8-21-11-19-10-20-21/h5-6,9-11,15-16H,3-4,7-8H2,1-2H3. The lowest BCUT2D eigenvalue weighted by Gasteiger charge is -2.17. The van der Waals surface area contributed by atoms with Crippen LogP contribution in [0.2, 0.25) is 0 Å². The van der Waals surface area contributed by atoms with E-state index in [1.54, 1.807) is 12.7 Å². The Morgan fingerprint density at radius 2 is 1.90 bits per heavy atom. The van der Waals surface area contributed by atoms with Crippen LogP contribution in [0.3, 0.4) is 0 Å². The molecule has 3 nitrogen and oxygen atoms in total. The molecule has 1 aromatic carbocycles. The van der Waals surface area contributed by atoms with Gasteiger partial charge in [0.2, 0.25) is 0 Å². The van der Waals surface area contributed by atoms with Crippen LogP contribution in [-0.4, -0.2) is 14.8 Å². The van der Waals surface area contributed by atoms with Crippen molar-refractivity contribution in [2.24, 2.45) is 0 Å². The lowest BCUT2D eigenvalue weighted by atomic mass is 9.96. The molecule has 0 N–H and O–H groups in total. The van der Waals surface area contributed by atoms with E-state index in [-0.39, 0.29) is 10.8 Å². The quantitative estimate of drug-likeness (QED) is 0.678. The Labute approximate surface area is 136 Å². The van der Waals surface area contributed by atoms with Gasteiger partial charge in [0.15, 0.2) is 0 Å². The predicted molar refractivity (Wildman–Crippen MR) is 87.9 cm³/mol.